The largest absolute Gasteiger partial charge is 0.508 e. The van der Waals surface area contributed by atoms with Gasteiger partial charge in [-0.25, -0.2) is 4.79 Å². The maximum absolute atomic E-state index is 12.6. The Hall–Kier alpha value is -3.50. The Morgan fingerprint density at radius 2 is 1.74 bits per heavy atom. The number of rotatable bonds is 7. The molecule has 10 heteroatoms. The summed E-state index contributed by atoms with van der Waals surface area (Å²) in [5, 5.41) is 58.3. The maximum Gasteiger partial charge on any atom is 0.337 e. The summed E-state index contributed by atoms with van der Waals surface area (Å²) in [7, 11) is 0. The van der Waals surface area contributed by atoms with Gasteiger partial charge >= 0.3 is 11.9 Å². The molecule has 39 heavy (non-hydrogen) atoms. The minimum Gasteiger partial charge on any atom is -0.508 e. The first-order chi connectivity index (χ1) is 18.6. The van der Waals surface area contributed by atoms with Crippen LogP contribution in [0, 0.1) is 17.3 Å². The van der Waals surface area contributed by atoms with Crippen molar-refractivity contribution in [3.05, 3.63) is 59.2 Å². The number of carboxylic acids is 1. The van der Waals surface area contributed by atoms with Gasteiger partial charge in [0.2, 0.25) is 0 Å². The number of carbonyl (C=O) groups excluding carboxylic acids is 1. The molecule has 0 aromatic heterocycles. The number of aromatic hydroxyl groups is 2. The average molecular weight is 539 g/mol. The summed E-state index contributed by atoms with van der Waals surface area (Å²) in [4.78, 5) is 29.0. The van der Waals surface area contributed by atoms with Crippen LogP contribution in [0.1, 0.15) is 80.0 Å². The first-order valence-corrected chi connectivity index (χ1v) is 13.4. The molecular formula is C29H34N2O8. The molecule has 3 aliphatic rings. The summed E-state index contributed by atoms with van der Waals surface area (Å²) in [6, 6.07) is 10.7. The summed E-state index contributed by atoms with van der Waals surface area (Å²) in [5.74, 6) is -1.93. The van der Waals surface area contributed by atoms with Gasteiger partial charge in [0.1, 0.15) is 17.5 Å². The fourth-order valence-corrected chi connectivity index (χ4v) is 7.30. The van der Waals surface area contributed by atoms with Gasteiger partial charge in [-0.1, -0.05) is 25.1 Å². The van der Waals surface area contributed by atoms with E-state index in [1.807, 2.05) is 13.0 Å². The van der Waals surface area contributed by atoms with Crippen molar-refractivity contribution in [3.8, 4) is 11.5 Å². The van der Waals surface area contributed by atoms with E-state index in [-0.39, 0.29) is 42.1 Å². The smallest absolute Gasteiger partial charge is 0.337 e. The van der Waals surface area contributed by atoms with Gasteiger partial charge in [0.15, 0.2) is 0 Å². The molecule has 0 spiro atoms. The minimum absolute atomic E-state index is 0.0325. The molecule has 2 aromatic rings. The van der Waals surface area contributed by atoms with E-state index in [9.17, 15) is 35.1 Å². The number of fused-ring (bicyclic) bond motifs is 5. The van der Waals surface area contributed by atoms with Gasteiger partial charge in [-0.15, -0.1) is 5.11 Å². The van der Waals surface area contributed by atoms with Crippen molar-refractivity contribution in [3.63, 3.8) is 0 Å². The molecular weight excluding hydrogens is 504 g/mol. The predicted octanol–water partition coefficient (Wildman–Crippen LogP) is 4.34. The van der Waals surface area contributed by atoms with Crippen LogP contribution in [0.4, 0.5) is 0 Å². The SMILES string of the molecule is C[C@]12CC[C@@H]3c4ccc(O)cc4C(N=NOC(=O)CC(CC(=O)O)c4ccc(O)cc4)C[C@H]3[C@@H]1C[C@@H](O)[C@@H]2O. The molecule has 2 aromatic carbocycles. The third-order valence-electron chi connectivity index (χ3n) is 9.26. The molecule has 2 saturated carbocycles. The number of benzene rings is 2. The number of nitrogens with zero attached hydrogens (tertiary/aromatic N) is 2. The first-order valence-electron chi connectivity index (χ1n) is 13.4. The second-order valence-electron chi connectivity index (χ2n) is 11.5. The zero-order chi connectivity index (χ0) is 27.9. The van der Waals surface area contributed by atoms with E-state index < -0.39 is 41.5 Å². The van der Waals surface area contributed by atoms with E-state index in [0.29, 0.717) is 18.4 Å². The van der Waals surface area contributed by atoms with Gasteiger partial charge in [-0.2, -0.15) is 0 Å². The molecule has 8 atom stereocenters. The number of phenolic OH excluding ortho intramolecular Hbond substituents is 2. The highest BCUT2D eigenvalue weighted by Crippen LogP contribution is 2.62. The van der Waals surface area contributed by atoms with E-state index in [1.54, 1.807) is 24.3 Å². The van der Waals surface area contributed by atoms with Crippen molar-refractivity contribution in [2.24, 2.45) is 27.6 Å². The summed E-state index contributed by atoms with van der Waals surface area (Å²) in [5.41, 5.74) is 2.04. The fraction of sp³-hybridized carbons (Fsp3) is 0.517. The lowest BCUT2D eigenvalue weighted by Crippen LogP contribution is -2.45. The van der Waals surface area contributed by atoms with Gasteiger partial charge in [-0.3, -0.25) is 4.79 Å². The third-order valence-corrected chi connectivity index (χ3v) is 9.26. The Balaban J connectivity index is 1.33. The highest BCUT2D eigenvalue weighted by Gasteiger charge is 2.58. The minimum atomic E-state index is -1.07. The number of carbonyl (C=O) groups is 2. The highest BCUT2D eigenvalue weighted by molar-refractivity contribution is 5.73. The van der Waals surface area contributed by atoms with Crippen molar-refractivity contribution in [2.75, 3.05) is 0 Å². The zero-order valence-corrected chi connectivity index (χ0v) is 21.7. The van der Waals surface area contributed by atoms with Crippen LogP contribution < -0.4 is 0 Å². The maximum atomic E-state index is 12.6. The van der Waals surface area contributed by atoms with Crippen molar-refractivity contribution >= 4 is 11.9 Å². The number of hydrogen-bond acceptors (Lipinski definition) is 9. The van der Waals surface area contributed by atoms with Gasteiger partial charge < -0.3 is 30.4 Å². The van der Waals surface area contributed by atoms with Gasteiger partial charge in [-0.05, 0) is 89.8 Å². The van der Waals surface area contributed by atoms with E-state index in [4.69, 9.17) is 4.84 Å². The molecule has 0 saturated heterocycles. The van der Waals surface area contributed by atoms with E-state index in [1.165, 1.54) is 12.1 Å². The molecule has 2 fully saturated rings. The molecule has 0 aliphatic heterocycles. The number of phenols is 2. The molecule has 0 radical (unpaired) electrons. The standard InChI is InChI=1S/C29H34N2O8/c1-29-9-8-20-19-7-6-18(33)12-22(19)24(13-21(20)23(29)14-25(34)28(29)38)30-31-39-27(37)11-16(10-26(35)36)15-2-4-17(32)5-3-15/h2-7,12,16,20-21,23-25,28,32-34,38H,8-11,13-14H2,1H3,(H,35,36)/t16?,20-,21-,23+,24?,25-,28+,29+/m1/s1. The zero-order valence-electron chi connectivity index (χ0n) is 21.7. The van der Waals surface area contributed by atoms with Crippen LogP contribution >= 0.6 is 0 Å². The molecule has 0 heterocycles. The lowest BCUT2D eigenvalue weighted by Gasteiger charge is -2.50. The van der Waals surface area contributed by atoms with Crippen molar-refractivity contribution in [1.29, 1.82) is 0 Å². The summed E-state index contributed by atoms with van der Waals surface area (Å²) in [6.07, 6.45) is 0.628. The van der Waals surface area contributed by atoms with Gasteiger partial charge in [0.25, 0.3) is 0 Å². The van der Waals surface area contributed by atoms with Crippen molar-refractivity contribution in [2.45, 2.75) is 75.5 Å². The predicted molar refractivity (Wildman–Crippen MR) is 138 cm³/mol. The molecule has 10 nitrogen and oxygen atoms in total. The molecule has 3 aliphatic carbocycles. The number of aliphatic hydroxyl groups is 2. The second-order valence-corrected chi connectivity index (χ2v) is 11.5. The Labute approximate surface area is 225 Å². The number of aliphatic hydroxyl groups excluding tert-OH is 2. The molecule has 5 N–H and O–H groups in total. The summed E-state index contributed by atoms with van der Waals surface area (Å²) < 4.78 is 0. The van der Waals surface area contributed by atoms with E-state index >= 15 is 0 Å². The topological polar surface area (TPSA) is 169 Å². The monoisotopic (exact) mass is 538 g/mol. The quantitative estimate of drug-likeness (QED) is 0.256. The van der Waals surface area contributed by atoms with Crippen molar-refractivity contribution < 1.29 is 40.0 Å². The normalized spacial score (nSPS) is 32.2. The van der Waals surface area contributed by atoms with Crippen LogP contribution in [-0.4, -0.2) is 49.7 Å². The van der Waals surface area contributed by atoms with Crippen LogP contribution in [0.2, 0.25) is 0 Å². The Morgan fingerprint density at radius 3 is 2.46 bits per heavy atom. The highest BCUT2D eigenvalue weighted by atomic mass is 16.7. The van der Waals surface area contributed by atoms with Gasteiger partial charge in [0.05, 0.1) is 25.0 Å². The molecule has 5 rings (SSSR count). The first kappa shape index (κ1) is 27.1. The van der Waals surface area contributed by atoms with Crippen molar-refractivity contribution in [1.82, 2.24) is 0 Å². The molecule has 0 amide bonds. The molecule has 208 valence electrons. The van der Waals surface area contributed by atoms with Gasteiger partial charge in [0, 0.05) is 11.2 Å². The number of hydrogen-bond donors (Lipinski definition) is 5. The van der Waals surface area contributed by atoms with Crippen LogP contribution in [0.15, 0.2) is 52.9 Å². The number of carboxylic acid groups (broad SMARTS) is 1. The third kappa shape index (κ3) is 5.23. The van der Waals surface area contributed by atoms with Crippen LogP contribution in [0.25, 0.3) is 0 Å². The lowest BCUT2D eigenvalue weighted by atomic mass is 9.55. The lowest BCUT2D eigenvalue weighted by molar-refractivity contribution is -0.145. The Morgan fingerprint density at radius 1 is 1.03 bits per heavy atom. The Bertz CT molecular complexity index is 1260. The molecule has 0 bridgehead atoms. The van der Waals surface area contributed by atoms with Crippen LogP contribution in [0.3, 0.4) is 0 Å². The fourth-order valence-electron chi connectivity index (χ4n) is 7.30. The van der Waals surface area contributed by atoms with Crippen LogP contribution in [0.5, 0.6) is 11.5 Å². The van der Waals surface area contributed by atoms with E-state index in [0.717, 1.165) is 24.0 Å². The number of aliphatic carboxylic acids is 1. The Kier molecular flexibility index (Phi) is 7.35. The summed E-state index contributed by atoms with van der Waals surface area (Å²) in [6.45, 7) is 2.04. The van der Waals surface area contributed by atoms with E-state index in [2.05, 4.69) is 10.4 Å². The molecule has 2 unspecified atom stereocenters. The summed E-state index contributed by atoms with van der Waals surface area (Å²) >= 11 is 0. The average Bonchev–Trinajstić information content (AvgIpc) is 3.12. The second kappa shape index (κ2) is 10.6. The van der Waals surface area contributed by atoms with Crippen LogP contribution in [-0.2, 0) is 14.4 Å².